The van der Waals surface area contributed by atoms with Gasteiger partial charge in [-0.2, -0.15) is 10.1 Å². The van der Waals surface area contributed by atoms with Gasteiger partial charge in [0.05, 0.1) is 23.1 Å². The SMILES string of the molecule is NC(=O)COc1ccc(C=NN2C(=O)[C@@H]3[C@H](C2=O)[C@H]2C=C[C@H]3C2)cc1Cl. The average molecular weight is 374 g/mol. The van der Waals surface area contributed by atoms with E-state index in [0.29, 0.717) is 11.3 Å². The van der Waals surface area contributed by atoms with Crippen molar-refractivity contribution in [3.8, 4) is 5.75 Å². The van der Waals surface area contributed by atoms with E-state index < -0.39 is 5.91 Å². The molecule has 1 saturated heterocycles. The van der Waals surface area contributed by atoms with E-state index in [4.69, 9.17) is 22.1 Å². The first kappa shape index (κ1) is 16.8. The van der Waals surface area contributed by atoms with E-state index in [2.05, 4.69) is 5.10 Å². The highest BCUT2D eigenvalue weighted by Gasteiger charge is 2.59. The van der Waals surface area contributed by atoms with Gasteiger partial charge >= 0.3 is 0 Å². The number of carbonyl (C=O) groups excluding carboxylic acids is 3. The van der Waals surface area contributed by atoms with Crippen LogP contribution in [0.5, 0.6) is 5.75 Å². The van der Waals surface area contributed by atoms with Gasteiger partial charge in [0.25, 0.3) is 17.7 Å². The van der Waals surface area contributed by atoms with Crippen LogP contribution in [0.1, 0.15) is 12.0 Å². The average Bonchev–Trinajstić information content (AvgIpc) is 3.27. The Kier molecular flexibility index (Phi) is 4.03. The molecule has 7 nitrogen and oxygen atoms in total. The van der Waals surface area contributed by atoms with Crippen molar-refractivity contribution in [1.29, 1.82) is 0 Å². The molecule has 2 fully saturated rings. The Morgan fingerprint density at radius 3 is 2.50 bits per heavy atom. The largest absolute Gasteiger partial charge is 0.482 e. The van der Waals surface area contributed by atoms with Crippen LogP contribution in [0, 0.1) is 23.7 Å². The van der Waals surface area contributed by atoms with E-state index >= 15 is 0 Å². The number of hydrogen-bond acceptors (Lipinski definition) is 5. The van der Waals surface area contributed by atoms with Crippen LogP contribution in [0.4, 0.5) is 0 Å². The summed E-state index contributed by atoms with van der Waals surface area (Å²) >= 11 is 6.10. The number of amides is 3. The van der Waals surface area contributed by atoms with E-state index in [9.17, 15) is 14.4 Å². The third-order valence-electron chi connectivity index (χ3n) is 5.10. The lowest BCUT2D eigenvalue weighted by atomic mass is 9.85. The molecule has 0 unspecified atom stereocenters. The molecular weight excluding hydrogens is 358 g/mol. The number of ether oxygens (including phenoxy) is 1. The monoisotopic (exact) mass is 373 g/mol. The van der Waals surface area contributed by atoms with E-state index in [1.807, 2.05) is 12.2 Å². The standard InChI is InChI=1S/C18H16ClN3O4/c19-12-5-9(1-4-13(12)26-8-14(20)23)7-21-22-17(24)15-10-2-3-11(6-10)16(15)18(22)25/h1-5,7,10-11,15-16H,6,8H2,(H2,20,23)/t10-,11-,15-,16+/m0/s1. The molecular formula is C18H16ClN3O4. The second-order valence-electron chi connectivity index (χ2n) is 6.68. The maximum absolute atomic E-state index is 12.5. The Morgan fingerprint density at radius 2 is 1.92 bits per heavy atom. The molecule has 2 N–H and O–H groups in total. The number of imide groups is 1. The van der Waals surface area contributed by atoms with E-state index in [1.54, 1.807) is 18.2 Å². The molecule has 0 radical (unpaired) electrons. The Bertz CT molecular complexity index is 836. The fourth-order valence-electron chi connectivity index (χ4n) is 3.99. The number of nitrogens with zero attached hydrogens (tertiary/aromatic N) is 2. The van der Waals surface area contributed by atoms with Crippen LogP contribution in [0.2, 0.25) is 5.02 Å². The van der Waals surface area contributed by atoms with Gasteiger partial charge < -0.3 is 10.5 Å². The summed E-state index contributed by atoms with van der Waals surface area (Å²) in [6.07, 6.45) is 6.37. The lowest BCUT2D eigenvalue weighted by Crippen LogP contribution is -2.28. The predicted octanol–water partition coefficient (Wildman–Crippen LogP) is 1.35. The van der Waals surface area contributed by atoms with Crippen molar-refractivity contribution in [3.05, 3.63) is 40.9 Å². The van der Waals surface area contributed by atoms with Gasteiger partial charge in [-0.05, 0) is 42.0 Å². The summed E-state index contributed by atoms with van der Waals surface area (Å²) in [5, 5.41) is 5.34. The molecule has 1 saturated carbocycles. The molecule has 1 aromatic rings. The molecule has 2 bridgehead atoms. The molecule has 0 aromatic heterocycles. The molecule has 2 aliphatic carbocycles. The zero-order chi connectivity index (χ0) is 18.4. The number of halogens is 1. The number of rotatable bonds is 5. The lowest BCUT2D eigenvalue weighted by Gasteiger charge is -2.13. The summed E-state index contributed by atoms with van der Waals surface area (Å²) in [4.78, 5) is 35.8. The minimum absolute atomic E-state index is 0.151. The molecule has 1 heterocycles. The number of primary amides is 1. The first-order valence-electron chi connectivity index (χ1n) is 8.26. The summed E-state index contributed by atoms with van der Waals surface area (Å²) in [5.41, 5.74) is 5.62. The number of hydrazone groups is 1. The Hall–Kier alpha value is -2.67. The third-order valence-corrected chi connectivity index (χ3v) is 5.39. The first-order chi connectivity index (χ1) is 12.5. The van der Waals surface area contributed by atoms with Gasteiger partial charge in [-0.3, -0.25) is 14.4 Å². The van der Waals surface area contributed by atoms with Crippen LogP contribution in [0.15, 0.2) is 35.5 Å². The van der Waals surface area contributed by atoms with Crippen LogP contribution in [0.3, 0.4) is 0 Å². The van der Waals surface area contributed by atoms with Crippen molar-refractivity contribution in [2.75, 3.05) is 6.61 Å². The van der Waals surface area contributed by atoms with Crippen LogP contribution in [-0.4, -0.2) is 35.6 Å². The highest BCUT2D eigenvalue weighted by Crippen LogP contribution is 2.52. The number of hydrogen-bond donors (Lipinski definition) is 1. The predicted molar refractivity (Wildman–Crippen MR) is 93.3 cm³/mol. The maximum Gasteiger partial charge on any atom is 0.255 e. The topological polar surface area (TPSA) is 102 Å². The van der Waals surface area contributed by atoms with Gasteiger partial charge in [-0.15, -0.1) is 0 Å². The quantitative estimate of drug-likeness (QED) is 0.478. The Morgan fingerprint density at radius 1 is 1.27 bits per heavy atom. The molecule has 4 atom stereocenters. The van der Waals surface area contributed by atoms with E-state index in [0.717, 1.165) is 11.4 Å². The number of nitrogens with two attached hydrogens (primary N) is 1. The van der Waals surface area contributed by atoms with Crippen molar-refractivity contribution < 1.29 is 19.1 Å². The van der Waals surface area contributed by atoms with Gasteiger partial charge in [0.1, 0.15) is 5.75 Å². The van der Waals surface area contributed by atoms with Crippen molar-refractivity contribution in [2.24, 2.45) is 34.5 Å². The molecule has 1 aromatic carbocycles. The molecule has 3 aliphatic rings. The fourth-order valence-corrected chi connectivity index (χ4v) is 4.23. The Labute approximate surface area is 154 Å². The molecule has 26 heavy (non-hydrogen) atoms. The molecule has 4 rings (SSSR count). The minimum Gasteiger partial charge on any atom is -0.482 e. The van der Waals surface area contributed by atoms with Gasteiger partial charge in [0, 0.05) is 0 Å². The zero-order valence-corrected chi connectivity index (χ0v) is 14.4. The number of benzene rings is 1. The fraction of sp³-hybridized carbons (Fsp3) is 0.333. The minimum atomic E-state index is -0.605. The number of carbonyl (C=O) groups is 3. The van der Waals surface area contributed by atoms with E-state index in [1.165, 1.54) is 6.21 Å². The second kappa shape index (κ2) is 6.25. The molecule has 0 spiro atoms. The van der Waals surface area contributed by atoms with Crippen LogP contribution >= 0.6 is 11.6 Å². The first-order valence-corrected chi connectivity index (χ1v) is 8.64. The lowest BCUT2D eigenvalue weighted by molar-refractivity contribution is -0.140. The van der Waals surface area contributed by atoms with Crippen LogP contribution in [0.25, 0.3) is 0 Å². The van der Waals surface area contributed by atoms with Crippen LogP contribution < -0.4 is 10.5 Å². The second-order valence-corrected chi connectivity index (χ2v) is 7.08. The van der Waals surface area contributed by atoms with Crippen molar-refractivity contribution in [2.45, 2.75) is 6.42 Å². The van der Waals surface area contributed by atoms with Crippen LogP contribution in [-0.2, 0) is 14.4 Å². The Balaban J connectivity index is 1.49. The van der Waals surface area contributed by atoms with Crippen molar-refractivity contribution in [3.63, 3.8) is 0 Å². The summed E-state index contributed by atoms with van der Waals surface area (Å²) in [6, 6.07) is 4.79. The maximum atomic E-state index is 12.5. The molecule has 1 aliphatic heterocycles. The molecule has 3 amide bonds. The number of allylic oxidation sites excluding steroid dienone is 2. The highest BCUT2D eigenvalue weighted by atomic mass is 35.5. The van der Waals surface area contributed by atoms with Crippen molar-refractivity contribution in [1.82, 2.24) is 5.01 Å². The summed E-state index contributed by atoms with van der Waals surface area (Å²) in [5.74, 6) is -1.01. The third kappa shape index (κ3) is 2.68. The van der Waals surface area contributed by atoms with Gasteiger partial charge in [0.15, 0.2) is 6.61 Å². The summed E-state index contributed by atoms with van der Waals surface area (Å²) < 4.78 is 5.17. The van der Waals surface area contributed by atoms with Gasteiger partial charge in [0.2, 0.25) is 0 Å². The highest BCUT2D eigenvalue weighted by molar-refractivity contribution is 6.32. The molecule has 8 heteroatoms. The van der Waals surface area contributed by atoms with Gasteiger partial charge in [-0.1, -0.05) is 23.8 Å². The smallest absolute Gasteiger partial charge is 0.255 e. The summed E-state index contributed by atoms with van der Waals surface area (Å²) in [6.45, 7) is -0.275. The normalized spacial score (nSPS) is 29.0. The zero-order valence-electron chi connectivity index (χ0n) is 13.7. The summed E-state index contributed by atoms with van der Waals surface area (Å²) in [7, 11) is 0. The van der Waals surface area contributed by atoms with E-state index in [-0.39, 0.29) is 47.1 Å². The molecule has 134 valence electrons. The number of fused-ring (bicyclic) bond motifs is 5. The van der Waals surface area contributed by atoms with Gasteiger partial charge in [-0.25, -0.2) is 0 Å². The van der Waals surface area contributed by atoms with Crippen molar-refractivity contribution >= 4 is 35.5 Å².